The standard InChI is InChI=1S/C15H13Cl2FO2/c1-9(19)12-7-11(18)3-5-15(12)20-8-10-2-4-13(16)14(17)6-10/h2-7,9,19H,8H2,1H3/t9-/m1/s1. The molecule has 2 aromatic rings. The van der Waals surface area contributed by atoms with E-state index >= 15 is 0 Å². The number of halogens is 3. The molecule has 0 aliphatic carbocycles. The molecular formula is C15H13Cl2FO2. The van der Waals surface area contributed by atoms with Crippen molar-refractivity contribution in [3.63, 3.8) is 0 Å². The average Bonchev–Trinajstić information content (AvgIpc) is 2.41. The van der Waals surface area contributed by atoms with E-state index in [4.69, 9.17) is 27.9 Å². The lowest BCUT2D eigenvalue weighted by Gasteiger charge is -2.14. The molecule has 2 nitrogen and oxygen atoms in total. The van der Waals surface area contributed by atoms with Crippen molar-refractivity contribution in [1.29, 1.82) is 0 Å². The van der Waals surface area contributed by atoms with Crippen LogP contribution in [0, 0.1) is 5.82 Å². The Morgan fingerprint density at radius 2 is 1.90 bits per heavy atom. The van der Waals surface area contributed by atoms with Crippen LogP contribution in [-0.4, -0.2) is 5.11 Å². The quantitative estimate of drug-likeness (QED) is 0.881. The van der Waals surface area contributed by atoms with Gasteiger partial charge in [0.15, 0.2) is 0 Å². The third kappa shape index (κ3) is 3.63. The molecule has 0 spiro atoms. The van der Waals surface area contributed by atoms with E-state index in [0.29, 0.717) is 21.4 Å². The summed E-state index contributed by atoms with van der Waals surface area (Å²) < 4.78 is 18.8. The van der Waals surface area contributed by atoms with Crippen molar-refractivity contribution < 1.29 is 14.2 Å². The molecule has 0 radical (unpaired) electrons. The van der Waals surface area contributed by atoms with Crippen LogP contribution < -0.4 is 4.74 Å². The fraction of sp³-hybridized carbons (Fsp3) is 0.200. The van der Waals surface area contributed by atoms with Gasteiger partial charge in [0.2, 0.25) is 0 Å². The molecule has 0 heterocycles. The number of rotatable bonds is 4. The third-order valence-corrected chi connectivity index (χ3v) is 3.54. The summed E-state index contributed by atoms with van der Waals surface area (Å²) in [7, 11) is 0. The molecule has 0 aromatic heterocycles. The molecular weight excluding hydrogens is 302 g/mol. The van der Waals surface area contributed by atoms with E-state index in [2.05, 4.69) is 0 Å². The van der Waals surface area contributed by atoms with Crippen LogP contribution in [0.25, 0.3) is 0 Å². The smallest absolute Gasteiger partial charge is 0.125 e. The fourth-order valence-electron chi connectivity index (χ4n) is 1.77. The van der Waals surface area contributed by atoms with Gasteiger partial charge in [-0.1, -0.05) is 29.3 Å². The van der Waals surface area contributed by atoms with Crippen molar-refractivity contribution in [3.8, 4) is 5.75 Å². The summed E-state index contributed by atoms with van der Waals surface area (Å²) in [6.07, 6.45) is -0.811. The number of aliphatic hydroxyl groups excluding tert-OH is 1. The highest BCUT2D eigenvalue weighted by atomic mass is 35.5. The maximum atomic E-state index is 13.2. The van der Waals surface area contributed by atoms with Gasteiger partial charge < -0.3 is 9.84 Å². The van der Waals surface area contributed by atoms with E-state index < -0.39 is 11.9 Å². The highest BCUT2D eigenvalue weighted by molar-refractivity contribution is 6.42. The SMILES string of the molecule is C[C@@H](O)c1cc(F)ccc1OCc1ccc(Cl)c(Cl)c1. The number of aliphatic hydroxyl groups is 1. The van der Waals surface area contributed by atoms with Gasteiger partial charge in [0, 0.05) is 5.56 Å². The number of hydrogen-bond donors (Lipinski definition) is 1. The van der Waals surface area contributed by atoms with Crippen LogP contribution in [0.4, 0.5) is 4.39 Å². The minimum atomic E-state index is -0.811. The number of ether oxygens (including phenoxy) is 1. The molecule has 2 aromatic carbocycles. The average molecular weight is 315 g/mol. The summed E-state index contributed by atoms with van der Waals surface area (Å²) in [5.74, 6) is 0.0234. The van der Waals surface area contributed by atoms with Gasteiger partial charge in [0.25, 0.3) is 0 Å². The highest BCUT2D eigenvalue weighted by Gasteiger charge is 2.11. The minimum absolute atomic E-state index is 0.252. The fourth-order valence-corrected chi connectivity index (χ4v) is 2.09. The maximum Gasteiger partial charge on any atom is 0.125 e. The van der Waals surface area contributed by atoms with Crippen LogP contribution in [0.2, 0.25) is 10.0 Å². The lowest BCUT2D eigenvalue weighted by atomic mass is 10.1. The van der Waals surface area contributed by atoms with Gasteiger partial charge >= 0.3 is 0 Å². The van der Waals surface area contributed by atoms with E-state index in [-0.39, 0.29) is 6.61 Å². The molecule has 1 atom stereocenters. The zero-order valence-electron chi connectivity index (χ0n) is 10.7. The van der Waals surface area contributed by atoms with Crippen molar-refractivity contribution in [3.05, 3.63) is 63.4 Å². The van der Waals surface area contributed by atoms with Gasteiger partial charge in [-0.3, -0.25) is 0 Å². The zero-order valence-corrected chi connectivity index (χ0v) is 12.2. The van der Waals surface area contributed by atoms with Crippen LogP contribution in [0.15, 0.2) is 36.4 Å². The third-order valence-electron chi connectivity index (χ3n) is 2.80. The normalized spacial score (nSPS) is 12.2. The van der Waals surface area contributed by atoms with Crippen LogP contribution in [0.1, 0.15) is 24.2 Å². The lowest BCUT2D eigenvalue weighted by Crippen LogP contribution is -2.01. The first kappa shape index (κ1) is 15.1. The summed E-state index contributed by atoms with van der Waals surface area (Å²) in [5, 5.41) is 10.5. The molecule has 0 saturated heterocycles. The van der Waals surface area contributed by atoms with E-state index in [0.717, 1.165) is 5.56 Å². The molecule has 0 unspecified atom stereocenters. The molecule has 0 fully saturated rings. The van der Waals surface area contributed by atoms with E-state index in [9.17, 15) is 9.50 Å². The highest BCUT2D eigenvalue weighted by Crippen LogP contribution is 2.28. The Labute approximate surface area is 126 Å². The lowest BCUT2D eigenvalue weighted by molar-refractivity contribution is 0.189. The first-order valence-electron chi connectivity index (χ1n) is 6.01. The first-order valence-corrected chi connectivity index (χ1v) is 6.77. The van der Waals surface area contributed by atoms with Crippen LogP contribution in [0.5, 0.6) is 5.75 Å². The molecule has 1 N–H and O–H groups in total. The van der Waals surface area contributed by atoms with E-state index in [1.807, 2.05) is 0 Å². The van der Waals surface area contributed by atoms with Crippen LogP contribution >= 0.6 is 23.2 Å². The van der Waals surface area contributed by atoms with E-state index in [1.54, 1.807) is 25.1 Å². The molecule has 0 aliphatic heterocycles. The summed E-state index contributed by atoms with van der Waals surface area (Å²) in [6.45, 7) is 1.81. The summed E-state index contributed by atoms with van der Waals surface area (Å²) in [4.78, 5) is 0. The summed E-state index contributed by atoms with van der Waals surface area (Å²) in [6, 6.07) is 9.22. The van der Waals surface area contributed by atoms with Gasteiger partial charge in [0.05, 0.1) is 16.1 Å². The van der Waals surface area contributed by atoms with Gasteiger partial charge in [-0.15, -0.1) is 0 Å². The second kappa shape index (κ2) is 6.44. The summed E-state index contributed by atoms with van der Waals surface area (Å²) in [5.41, 5.74) is 1.24. The van der Waals surface area contributed by atoms with Gasteiger partial charge in [-0.25, -0.2) is 4.39 Å². The Bertz CT molecular complexity index is 615. The van der Waals surface area contributed by atoms with Gasteiger partial charge in [0.1, 0.15) is 18.2 Å². The van der Waals surface area contributed by atoms with Crippen molar-refractivity contribution in [2.45, 2.75) is 19.6 Å². The predicted octanol–water partition coefficient (Wildman–Crippen LogP) is 4.76. The number of benzene rings is 2. The first-order chi connectivity index (χ1) is 9.47. The predicted molar refractivity (Wildman–Crippen MR) is 77.8 cm³/mol. The van der Waals surface area contributed by atoms with Crippen molar-refractivity contribution in [2.75, 3.05) is 0 Å². The Morgan fingerprint density at radius 1 is 1.15 bits per heavy atom. The molecule has 106 valence electrons. The van der Waals surface area contributed by atoms with Crippen LogP contribution in [-0.2, 0) is 6.61 Å². The van der Waals surface area contributed by atoms with Crippen LogP contribution in [0.3, 0.4) is 0 Å². The molecule has 0 amide bonds. The summed E-state index contributed by atoms with van der Waals surface area (Å²) >= 11 is 11.8. The molecule has 0 bridgehead atoms. The minimum Gasteiger partial charge on any atom is -0.489 e. The second-order valence-corrected chi connectivity index (χ2v) is 5.21. The zero-order chi connectivity index (χ0) is 14.7. The Balaban J connectivity index is 2.16. The second-order valence-electron chi connectivity index (χ2n) is 4.40. The number of hydrogen-bond acceptors (Lipinski definition) is 2. The largest absolute Gasteiger partial charge is 0.489 e. The van der Waals surface area contributed by atoms with Gasteiger partial charge in [-0.05, 0) is 42.8 Å². The topological polar surface area (TPSA) is 29.5 Å². The Morgan fingerprint density at radius 3 is 2.55 bits per heavy atom. The van der Waals surface area contributed by atoms with Gasteiger partial charge in [-0.2, -0.15) is 0 Å². The molecule has 2 rings (SSSR count). The molecule has 0 saturated carbocycles. The molecule has 20 heavy (non-hydrogen) atoms. The molecule has 0 aliphatic rings. The Kier molecular flexibility index (Phi) is 4.86. The Hall–Kier alpha value is -1.29. The monoisotopic (exact) mass is 314 g/mol. The van der Waals surface area contributed by atoms with Crippen molar-refractivity contribution in [1.82, 2.24) is 0 Å². The maximum absolute atomic E-state index is 13.2. The van der Waals surface area contributed by atoms with Crippen molar-refractivity contribution in [2.24, 2.45) is 0 Å². The molecule has 5 heteroatoms. The van der Waals surface area contributed by atoms with Crippen molar-refractivity contribution >= 4 is 23.2 Å². The van der Waals surface area contributed by atoms with E-state index in [1.165, 1.54) is 18.2 Å².